The molecule has 2 aromatic rings. The summed E-state index contributed by atoms with van der Waals surface area (Å²) in [4.78, 5) is 29.4. The minimum absolute atomic E-state index is 0.0422. The lowest BCUT2D eigenvalue weighted by atomic mass is 9.67. The fourth-order valence-electron chi connectivity index (χ4n) is 5.16. The minimum atomic E-state index is -1.61. The SMILES string of the molecule is COC(=O)[C@@]1(C#N)[C@H](c2ccc(OC)cc2)[C@@H](C(=O)C(C)(C)C)N2c3ccccc3C=C[C@H]21. The zero-order valence-electron chi connectivity index (χ0n) is 19.5. The smallest absolute Gasteiger partial charge is 0.329 e. The van der Waals surface area contributed by atoms with Crippen LogP contribution < -0.4 is 9.64 Å². The van der Waals surface area contributed by atoms with E-state index in [-0.39, 0.29) is 5.78 Å². The number of esters is 1. The van der Waals surface area contributed by atoms with E-state index < -0.39 is 34.8 Å². The second-order valence-electron chi connectivity index (χ2n) is 9.55. The van der Waals surface area contributed by atoms with Crippen LogP contribution in [0.25, 0.3) is 6.08 Å². The standard InChI is InChI=1S/C27H28N2O4/c1-26(2,3)24(30)23-22(18-10-13-19(32-4)14-11-18)27(16-28,25(31)33-5)21-15-12-17-8-6-7-9-20(17)29(21)23/h6-15,21-23H,1-5H3/t21-,22+,23-,27+/m0/s1. The average molecular weight is 445 g/mol. The van der Waals surface area contributed by atoms with Gasteiger partial charge >= 0.3 is 5.97 Å². The van der Waals surface area contributed by atoms with Gasteiger partial charge in [-0.15, -0.1) is 0 Å². The number of methoxy groups -OCH3 is 2. The maximum absolute atomic E-state index is 14.0. The average Bonchev–Trinajstić information content (AvgIpc) is 3.13. The Hall–Kier alpha value is -3.59. The van der Waals surface area contributed by atoms with Crippen molar-refractivity contribution < 1.29 is 19.1 Å². The van der Waals surface area contributed by atoms with E-state index in [1.807, 2.05) is 74.2 Å². The first-order valence-corrected chi connectivity index (χ1v) is 10.9. The maximum atomic E-state index is 14.0. The summed E-state index contributed by atoms with van der Waals surface area (Å²) in [6.45, 7) is 5.60. The number of carbonyl (C=O) groups excluding carboxylic acids is 2. The van der Waals surface area contributed by atoms with Gasteiger partial charge in [0.05, 0.1) is 32.4 Å². The molecule has 2 aliphatic rings. The molecule has 6 heteroatoms. The molecule has 170 valence electrons. The molecule has 4 rings (SSSR count). The zero-order chi connectivity index (χ0) is 24.0. The first-order chi connectivity index (χ1) is 15.7. The lowest BCUT2D eigenvalue weighted by molar-refractivity contribution is -0.150. The third-order valence-corrected chi connectivity index (χ3v) is 6.74. The molecular weight excluding hydrogens is 416 g/mol. The highest BCUT2D eigenvalue weighted by atomic mass is 16.5. The molecule has 0 aliphatic carbocycles. The Balaban J connectivity index is 2.04. The predicted molar refractivity (Wildman–Crippen MR) is 126 cm³/mol. The van der Waals surface area contributed by atoms with Crippen LogP contribution in [0.1, 0.15) is 37.8 Å². The number of benzene rings is 2. The molecule has 0 amide bonds. The number of Topliss-reactive ketones (excluding diaryl/α,β-unsaturated/α-hetero) is 1. The van der Waals surface area contributed by atoms with Crippen molar-refractivity contribution in [1.29, 1.82) is 5.26 Å². The fourth-order valence-corrected chi connectivity index (χ4v) is 5.16. The molecule has 2 heterocycles. The third kappa shape index (κ3) is 3.31. The van der Waals surface area contributed by atoms with Gasteiger partial charge in [-0.1, -0.05) is 63.3 Å². The van der Waals surface area contributed by atoms with Gasteiger partial charge in [0.15, 0.2) is 11.2 Å². The highest BCUT2D eigenvalue weighted by molar-refractivity contribution is 5.99. The van der Waals surface area contributed by atoms with Crippen molar-refractivity contribution in [3.8, 4) is 11.8 Å². The van der Waals surface area contributed by atoms with Crippen molar-refractivity contribution in [3.05, 3.63) is 65.7 Å². The van der Waals surface area contributed by atoms with E-state index in [1.165, 1.54) is 7.11 Å². The largest absolute Gasteiger partial charge is 0.497 e. The lowest BCUT2D eigenvalue weighted by Crippen LogP contribution is -2.48. The van der Waals surface area contributed by atoms with Crippen LogP contribution in [0.4, 0.5) is 5.69 Å². The number of ether oxygens (including phenoxy) is 2. The summed E-state index contributed by atoms with van der Waals surface area (Å²) in [5.74, 6) is -0.777. The van der Waals surface area contributed by atoms with Crippen LogP contribution in [-0.2, 0) is 14.3 Å². The number of fused-ring (bicyclic) bond motifs is 3. The van der Waals surface area contributed by atoms with Crippen molar-refractivity contribution in [2.24, 2.45) is 10.8 Å². The van der Waals surface area contributed by atoms with Crippen LogP contribution in [0.3, 0.4) is 0 Å². The number of carbonyl (C=O) groups is 2. The van der Waals surface area contributed by atoms with E-state index in [9.17, 15) is 14.9 Å². The van der Waals surface area contributed by atoms with E-state index in [1.54, 1.807) is 19.2 Å². The molecule has 0 bridgehead atoms. The van der Waals surface area contributed by atoms with Crippen LogP contribution in [0, 0.1) is 22.2 Å². The number of hydrogen-bond donors (Lipinski definition) is 0. The second kappa shape index (κ2) is 8.08. The number of ketones is 1. The maximum Gasteiger partial charge on any atom is 0.329 e. The molecule has 33 heavy (non-hydrogen) atoms. The van der Waals surface area contributed by atoms with Crippen molar-refractivity contribution in [1.82, 2.24) is 0 Å². The van der Waals surface area contributed by atoms with Crippen LogP contribution >= 0.6 is 0 Å². The molecule has 1 fully saturated rings. The highest BCUT2D eigenvalue weighted by Gasteiger charge is 2.67. The highest BCUT2D eigenvalue weighted by Crippen LogP contribution is 2.57. The van der Waals surface area contributed by atoms with Gasteiger partial charge in [0.1, 0.15) is 5.75 Å². The molecule has 0 saturated carbocycles. The summed E-state index contributed by atoms with van der Waals surface area (Å²) in [5.41, 5.74) is 0.168. The molecule has 0 unspecified atom stereocenters. The van der Waals surface area contributed by atoms with Crippen LogP contribution in [0.15, 0.2) is 54.6 Å². The Labute approximate surface area is 194 Å². The number of para-hydroxylation sites is 1. The molecule has 0 radical (unpaired) electrons. The summed E-state index contributed by atoms with van der Waals surface area (Å²) in [6, 6.07) is 15.9. The molecule has 6 nitrogen and oxygen atoms in total. The minimum Gasteiger partial charge on any atom is -0.497 e. The molecule has 1 saturated heterocycles. The van der Waals surface area contributed by atoms with Gasteiger partial charge < -0.3 is 14.4 Å². The number of nitrogens with zero attached hydrogens (tertiary/aromatic N) is 2. The van der Waals surface area contributed by atoms with Gasteiger partial charge in [0.25, 0.3) is 0 Å². The van der Waals surface area contributed by atoms with E-state index >= 15 is 0 Å². The summed E-state index contributed by atoms with van der Waals surface area (Å²) in [7, 11) is 2.86. The fraction of sp³-hybridized carbons (Fsp3) is 0.370. The van der Waals surface area contributed by atoms with Crippen molar-refractivity contribution >= 4 is 23.5 Å². The Morgan fingerprint density at radius 1 is 1.06 bits per heavy atom. The quantitative estimate of drug-likeness (QED) is 0.652. The van der Waals surface area contributed by atoms with Crippen molar-refractivity contribution in [2.45, 2.75) is 38.8 Å². The molecule has 0 spiro atoms. The molecule has 4 atom stereocenters. The Morgan fingerprint density at radius 3 is 2.30 bits per heavy atom. The van der Waals surface area contributed by atoms with E-state index in [0.717, 1.165) is 11.3 Å². The predicted octanol–water partition coefficient (Wildman–Crippen LogP) is 4.36. The summed E-state index contributed by atoms with van der Waals surface area (Å²) in [6.07, 6.45) is 3.77. The molecule has 2 aromatic carbocycles. The summed E-state index contributed by atoms with van der Waals surface area (Å²) >= 11 is 0. The van der Waals surface area contributed by atoms with Gasteiger partial charge in [-0.25, -0.2) is 0 Å². The molecular formula is C27H28N2O4. The monoisotopic (exact) mass is 444 g/mol. The van der Waals surface area contributed by atoms with Crippen LogP contribution in [0.5, 0.6) is 5.75 Å². The Kier molecular flexibility index (Phi) is 5.53. The van der Waals surface area contributed by atoms with Crippen molar-refractivity contribution in [3.63, 3.8) is 0 Å². The van der Waals surface area contributed by atoms with Gasteiger partial charge in [-0.3, -0.25) is 9.59 Å². The summed E-state index contributed by atoms with van der Waals surface area (Å²) < 4.78 is 10.5. The lowest BCUT2D eigenvalue weighted by Gasteiger charge is -2.37. The van der Waals surface area contributed by atoms with Gasteiger partial charge in [-0.2, -0.15) is 5.26 Å². The second-order valence-corrected chi connectivity index (χ2v) is 9.55. The van der Waals surface area contributed by atoms with Crippen molar-refractivity contribution in [2.75, 3.05) is 19.1 Å². The topological polar surface area (TPSA) is 79.6 Å². The Morgan fingerprint density at radius 2 is 1.73 bits per heavy atom. The number of rotatable bonds is 4. The normalized spacial score (nSPS) is 25.6. The number of hydrogen-bond acceptors (Lipinski definition) is 6. The molecule has 0 aromatic heterocycles. The molecule has 2 aliphatic heterocycles. The molecule has 0 N–H and O–H groups in total. The van der Waals surface area contributed by atoms with Gasteiger partial charge in [0.2, 0.25) is 0 Å². The first kappa shape index (κ1) is 22.6. The third-order valence-electron chi connectivity index (χ3n) is 6.74. The number of anilines is 1. The zero-order valence-corrected chi connectivity index (χ0v) is 19.5. The van der Waals surface area contributed by atoms with E-state index in [2.05, 4.69) is 6.07 Å². The first-order valence-electron chi connectivity index (χ1n) is 10.9. The van der Waals surface area contributed by atoms with Gasteiger partial charge in [-0.05, 0) is 29.3 Å². The summed E-state index contributed by atoms with van der Waals surface area (Å²) in [5, 5.41) is 10.6. The van der Waals surface area contributed by atoms with E-state index in [4.69, 9.17) is 9.47 Å². The van der Waals surface area contributed by atoms with E-state index in [0.29, 0.717) is 11.3 Å². The van der Waals surface area contributed by atoms with Crippen LogP contribution in [0.2, 0.25) is 0 Å². The van der Waals surface area contributed by atoms with Crippen LogP contribution in [-0.4, -0.2) is 38.1 Å². The Bertz CT molecular complexity index is 1160. The number of nitriles is 1. The van der Waals surface area contributed by atoms with Gasteiger partial charge in [0, 0.05) is 17.0 Å².